The van der Waals surface area contributed by atoms with Crippen LogP contribution in [0.4, 0.5) is 0 Å². The molecule has 0 saturated carbocycles. The van der Waals surface area contributed by atoms with Crippen LogP contribution in [0.3, 0.4) is 0 Å². The summed E-state index contributed by atoms with van der Waals surface area (Å²) in [7, 11) is 0. The molecule has 8 nitrogen and oxygen atoms in total. The average Bonchev–Trinajstić information content (AvgIpc) is 3.32. The number of hydrogen-bond donors (Lipinski definition) is 0. The van der Waals surface area contributed by atoms with Gasteiger partial charge < -0.3 is 18.8 Å². The van der Waals surface area contributed by atoms with Gasteiger partial charge in [0.25, 0.3) is 5.91 Å². The highest BCUT2D eigenvalue weighted by atomic mass is 16.5. The zero-order chi connectivity index (χ0) is 25.4. The SMILES string of the molecule is CCOC(=O)[C@@H]1CCCN(C(=O)c2coc(CN(Cc3ccc(OCC)cc3)[C@H](C)C(C)C)n2)C1. The molecule has 192 valence electrons. The zero-order valence-corrected chi connectivity index (χ0v) is 21.7. The molecule has 1 aliphatic rings. The monoisotopic (exact) mass is 485 g/mol. The quantitative estimate of drug-likeness (QED) is 0.432. The maximum absolute atomic E-state index is 13.1. The molecule has 1 aliphatic heterocycles. The van der Waals surface area contributed by atoms with Crippen LogP contribution in [-0.2, 0) is 22.6 Å². The van der Waals surface area contributed by atoms with Gasteiger partial charge in [-0.1, -0.05) is 26.0 Å². The van der Waals surface area contributed by atoms with Crippen LogP contribution >= 0.6 is 0 Å². The van der Waals surface area contributed by atoms with Crippen molar-refractivity contribution in [2.24, 2.45) is 11.8 Å². The number of amides is 1. The first-order chi connectivity index (χ1) is 16.8. The molecule has 1 aromatic heterocycles. The number of ether oxygens (including phenoxy) is 2. The Labute approximate surface area is 208 Å². The topological polar surface area (TPSA) is 85.1 Å². The Bertz CT molecular complexity index is 956. The fourth-order valence-corrected chi connectivity index (χ4v) is 4.29. The largest absolute Gasteiger partial charge is 0.494 e. The van der Waals surface area contributed by atoms with E-state index in [1.54, 1.807) is 11.8 Å². The van der Waals surface area contributed by atoms with E-state index in [1.807, 2.05) is 19.1 Å². The Morgan fingerprint density at radius 1 is 1.14 bits per heavy atom. The Morgan fingerprint density at radius 3 is 2.54 bits per heavy atom. The third kappa shape index (κ3) is 7.31. The standard InChI is InChI=1S/C27H39N3O5/c1-6-33-23-12-10-21(11-13-23)15-30(20(5)19(3)4)17-25-28-24(18-35-25)26(31)29-14-8-9-22(16-29)27(32)34-7-2/h10-13,18-20,22H,6-9,14-17H2,1-5H3/t20-,22-/m1/s1. The number of aromatic nitrogens is 1. The summed E-state index contributed by atoms with van der Waals surface area (Å²) in [6.07, 6.45) is 2.93. The van der Waals surface area contributed by atoms with Crippen molar-refractivity contribution >= 4 is 11.9 Å². The number of carbonyl (C=O) groups is 2. The van der Waals surface area contributed by atoms with Crippen LogP contribution in [-0.4, -0.2) is 59.0 Å². The zero-order valence-electron chi connectivity index (χ0n) is 21.7. The highest BCUT2D eigenvalue weighted by Crippen LogP contribution is 2.22. The molecule has 8 heteroatoms. The van der Waals surface area contributed by atoms with E-state index in [1.165, 1.54) is 11.8 Å². The molecule has 0 unspecified atom stereocenters. The molecule has 1 aromatic carbocycles. The van der Waals surface area contributed by atoms with E-state index in [0.717, 1.165) is 25.1 Å². The van der Waals surface area contributed by atoms with Gasteiger partial charge in [-0.3, -0.25) is 14.5 Å². The molecule has 0 bridgehead atoms. The maximum atomic E-state index is 13.1. The summed E-state index contributed by atoms with van der Waals surface area (Å²) in [5, 5.41) is 0. The molecule has 2 atom stereocenters. The van der Waals surface area contributed by atoms with Gasteiger partial charge in [0.2, 0.25) is 5.89 Å². The number of piperidine rings is 1. The molecule has 1 fully saturated rings. The van der Waals surface area contributed by atoms with E-state index in [9.17, 15) is 9.59 Å². The number of oxazole rings is 1. The van der Waals surface area contributed by atoms with Crippen LogP contribution in [0.5, 0.6) is 5.75 Å². The third-order valence-electron chi connectivity index (χ3n) is 6.60. The van der Waals surface area contributed by atoms with E-state index in [0.29, 0.717) is 44.7 Å². The summed E-state index contributed by atoms with van der Waals surface area (Å²) in [4.78, 5) is 33.7. The summed E-state index contributed by atoms with van der Waals surface area (Å²) < 4.78 is 16.4. The fraction of sp³-hybridized carbons (Fsp3) is 0.593. The van der Waals surface area contributed by atoms with Gasteiger partial charge in [-0.2, -0.15) is 0 Å². The Kier molecular flexibility index (Phi) is 9.72. The number of hydrogen-bond acceptors (Lipinski definition) is 7. The minimum absolute atomic E-state index is 0.205. The third-order valence-corrected chi connectivity index (χ3v) is 6.60. The number of rotatable bonds is 11. The van der Waals surface area contributed by atoms with Crippen LogP contribution in [0.25, 0.3) is 0 Å². The number of nitrogens with zero attached hydrogens (tertiary/aromatic N) is 3. The number of esters is 1. The normalized spacial score (nSPS) is 17.0. The molecule has 0 spiro atoms. The Balaban J connectivity index is 1.67. The molecule has 35 heavy (non-hydrogen) atoms. The van der Waals surface area contributed by atoms with E-state index < -0.39 is 0 Å². The van der Waals surface area contributed by atoms with Crippen LogP contribution in [0, 0.1) is 11.8 Å². The lowest BCUT2D eigenvalue weighted by molar-refractivity contribution is -0.149. The van der Waals surface area contributed by atoms with Crippen molar-refractivity contribution in [2.45, 2.75) is 66.6 Å². The van der Waals surface area contributed by atoms with Gasteiger partial charge in [0.15, 0.2) is 5.69 Å². The first-order valence-electron chi connectivity index (χ1n) is 12.7. The van der Waals surface area contributed by atoms with E-state index in [-0.39, 0.29) is 29.5 Å². The second-order valence-electron chi connectivity index (χ2n) is 9.44. The molecular formula is C27H39N3O5. The lowest BCUT2D eigenvalue weighted by atomic mass is 9.98. The predicted molar refractivity (Wildman–Crippen MR) is 133 cm³/mol. The lowest BCUT2D eigenvalue weighted by Gasteiger charge is -2.31. The lowest BCUT2D eigenvalue weighted by Crippen LogP contribution is -2.43. The van der Waals surface area contributed by atoms with Gasteiger partial charge >= 0.3 is 5.97 Å². The highest BCUT2D eigenvalue weighted by Gasteiger charge is 2.31. The molecular weight excluding hydrogens is 446 g/mol. The first kappa shape index (κ1) is 26.7. The molecule has 1 saturated heterocycles. The van der Waals surface area contributed by atoms with Crippen LogP contribution in [0.15, 0.2) is 34.9 Å². The van der Waals surface area contributed by atoms with Gasteiger partial charge in [0.1, 0.15) is 12.0 Å². The average molecular weight is 486 g/mol. The smallest absolute Gasteiger partial charge is 0.310 e. The van der Waals surface area contributed by atoms with Crippen molar-refractivity contribution in [3.05, 3.63) is 47.7 Å². The fourth-order valence-electron chi connectivity index (χ4n) is 4.29. The van der Waals surface area contributed by atoms with E-state index in [2.05, 4.69) is 42.8 Å². The van der Waals surface area contributed by atoms with Crippen molar-refractivity contribution in [1.82, 2.24) is 14.8 Å². The van der Waals surface area contributed by atoms with Gasteiger partial charge in [0.05, 0.1) is 25.7 Å². The van der Waals surface area contributed by atoms with Gasteiger partial charge in [-0.15, -0.1) is 0 Å². The molecule has 1 amide bonds. The van der Waals surface area contributed by atoms with Crippen molar-refractivity contribution in [3.8, 4) is 5.75 Å². The molecule has 0 aliphatic carbocycles. The Morgan fingerprint density at radius 2 is 1.89 bits per heavy atom. The van der Waals surface area contributed by atoms with Gasteiger partial charge in [-0.25, -0.2) is 4.98 Å². The first-order valence-corrected chi connectivity index (χ1v) is 12.7. The van der Waals surface area contributed by atoms with E-state index >= 15 is 0 Å². The Hall–Kier alpha value is -2.87. The molecule has 0 radical (unpaired) electrons. The number of likely N-dealkylation sites (tertiary alicyclic amines) is 1. The minimum atomic E-state index is -0.282. The van der Waals surface area contributed by atoms with Crippen LogP contribution in [0.1, 0.15) is 69.4 Å². The predicted octanol–water partition coefficient (Wildman–Crippen LogP) is 4.54. The minimum Gasteiger partial charge on any atom is -0.494 e. The summed E-state index contributed by atoms with van der Waals surface area (Å²) in [5.74, 6) is 1.07. The summed E-state index contributed by atoms with van der Waals surface area (Å²) in [5.41, 5.74) is 1.45. The second-order valence-corrected chi connectivity index (χ2v) is 9.44. The van der Waals surface area contributed by atoms with Gasteiger partial charge in [0, 0.05) is 25.7 Å². The van der Waals surface area contributed by atoms with Crippen molar-refractivity contribution in [1.29, 1.82) is 0 Å². The highest BCUT2D eigenvalue weighted by molar-refractivity contribution is 5.92. The number of carbonyl (C=O) groups excluding carboxylic acids is 2. The maximum Gasteiger partial charge on any atom is 0.310 e. The van der Waals surface area contributed by atoms with Gasteiger partial charge in [-0.05, 0) is 57.2 Å². The summed E-state index contributed by atoms with van der Waals surface area (Å²) in [6, 6.07) is 8.40. The van der Waals surface area contributed by atoms with Crippen molar-refractivity contribution in [3.63, 3.8) is 0 Å². The van der Waals surface area contributed by atoms with Crippen LogP contribution < -0.4 is 4.74 Å². The summed E-state index contributed by atoms with van der Waals surface area (Å²) >= 11 is 0. The summed E-state index contributed by atoms with van der Waals surface area (Å²) in [6.45, 7) is 13.5. The van der Waals surface area contributed by atoms with E-state index in [4.69, 9.17) is 13.9 Å². The second kappa shape index (κ2) is 12.7. The number of benzene rings is 1. The van der Waals surface area contributed by atoms with Crippen molar-refractivity contribution in [2.75, 3.05) is 26.3 Å². The molecule has 2 aromatic rings. The van der Waals surface area contributed by atoms with Crippen molar-refractivity contribution < 1.29 is 23.5 Å². The molecule has 0 N–H and O–H groups in total. The van der Waals surface area contributed by atoms with Crippen LogP contribution in [0.2, 0.25) is 0 Å². The molecule has 2 heterocycles. The molecule has 3 rings (SSSR count).